The Balaban J connectivity index is 2.44. The van der Waals surface area contributed by atoms with Gasteiger partial charge in [0.1, 0.15) is 6.33 Å². The molecule has 1 heterocycles. The maximum atomic E-state index is 13.6. The minimum Gasteiger partial charge on any atom is -0.487 e. The van der Waals surface area contributed by atoms with E-state index in [2.05, 4.69) is 9.97 Å². The molecule has 2 rings (SSSR count). The van der Waals surface area contributed by atoms with Crippen LogP contribution in [-0.4, -0.2) is 24.2 Å². The van der Waals surface area contributed by atoms with Gasteiger partial charge in [-0.2, -0.15) is 9.97 Å². The smallest absolute Gasteiger partial charge is 0.270 e. The zero-order valence-electron chi connectivity index (χ0n) is 10.2. The van der Waals surface area contributed by atoms with Gasteiger partial charge in [-0.25, -0.2) is 4.39 Å². The van der Waals surface area contributed by atoms with E-state index in [1.807, 2.05) is 0 Å². The number of aromatic nitrogens is 2. The highest BCUT2D eigenvalue weighted by atomic mass is 35.5. The summed E-state index contributed by atoms with van der Waals surface area (Å²) < 4.78 is 29.0. The van der Waals surface area contributed by atoms with Gasteiger partial charge in [-0.15, -0.1) is 0 Å². The number of hydrogen-bond donors (Lipinski definition) is 0. The van der Waals surface area contributed by atoms with E-state index in [-0.39, 0.29) is 28.3 Å². The maximum absolute atomic E-state index is 13.6. The van der Waals surface area contributed by atoms with Gasteiger partial charge in [0.15, 0.2) is 11.6 Å². The molecule has 19 heavy (non-hydrogen) atoms. The molecule has 0 saturated heterocycles. The van der Waals surface area contributed by atoms with Gasteiger partial charge in [-0.1, -0.05) is 17.7 Å². The second-order valence-electron chi connectivity index (χ2n) is 3.37. The highest BCUT2D eigenvalue weighted by Crippen LogP contribution is 2.38. The molecular weight excluding hydrogens is 275 g/mol. The van der Waals surface area contributed by atoms with Crippen molar-refractivity contribution in [1.82, 2.24) is 9.97 Å². The second kappa shape index (κ2) is 5.71. The number of methoxy groups -OCH3 is 2. The molecule has 0 radical (unpaired) electrons. The van der Waals surface area contributed by atoms with Crippen LogP contribution >= 0.6 is 11.6 Å². The van der Waals surface area contributed by atoms with Gasteiger partial charge in [0, 0.05) is 0 Å². The summed E-state index contributed by atoms with van der Waals surface area (Å²) in [4.78, 5) is 7.72. The van der Waals surface area contributed by atoms with Crippen LogP contribution in [-0.2, 0) is 0 Å². The molecule has 7 heteroatoms. The SMILES string of the molecule is COc1ncnc(Oc2c(F)cccc2Cl)c1OC. The van der Waals surface area contributed by atoms with E-state index in [1.165, 1.54) is 38.7 Å². The van der Waals surface area contributed by atoms with Gasteiger partial charge in [0.25, 0.3) is 11.8 Å². The van der Waals surface area contributed by atoms with Crippen LogP contribution in [0.2, 0.25) is 5.02 Å². The van der Waals surface area contributed by atoms with Crippen LogP contribution in [0.1, 0.15) is 0 Å². The van der Waals surface area contributed by atoms with Crippen molar-refractivity contribution in [3.8, 4) is 23.3 Å². The lowest BCUT2D eigenvalue weighted by molar-refractivity contribution is 0.316. The molecule has 0 spiro atoms. The second-order valence-corrected chi connectivity index (χ2v) is 3.78. The lowest BCUT2D eigenvalue weighted by atomic mass is 10.3. The van der Waals surface area contributed by atoms with Crippen molar-refractivity contribution < 1.29 is 18.6 Å². The minimum absolute atomic E-state index is 0.0151. The Morgan fingerprint density at radius 2 is 1.79 bits per heavy atom. The molecule has 100 valence electrons. The highest BCUT2D eigenvalue weighted by molar-refractivity contribution is 6.32. The van der Waals surface area contributed by atoms with Crippen molar-refractivity contribution in [3.63, 3.8) is 0 Å². The van der Waals surface area contributed by atoms with Crippen LogP contribution in [0, 0.1) is 5.82 Å². The van der Waals surface area contributed by atoms with Crippen LogP contribution in [0.5, 0.6) is 23.3 Å². The fraction of sp³-hybridized carbons (Fsp3) is 0.167. The molecule has 1 aromatic carbocycles. The van der Waals surface area contributed by atoms with E-state index in [0.29, 0.717) is 0 Å². The normalized spacial score (nSPS) is 10.1. The first-order chi connectivity index (χ1) is 9.17. The largest absolute Gasteiger partial charge is 0.487 e. The number of halogens is 2. The van der Waals surface area contributed by atoms with Gasteiger partial charge in [0.05, 0.1) is 19.2 Å². The standard InChI is InChI=1S/C12H10ClFN2O3/c1-17-10-11(18-2)15-6-16-12(10)19-9-7(13)4-3-5-8(9)14/h3-6H,1-2H3. The summed E-state index contributed by atoms with van der Waals surface area (Å²) >= 11 is 5.87. The quantitative estimate of drug-likeness (QED) is 0.863. The number of para-hydroxylation sites is 1. The molecule has 0 aliphatic carbocycles. The molecule has 0 N–H and O–H groups in total. The van der Waals surface area contributed by atoms with Crippen molar-refractivity contribution >= 4 is 11.6 Å². The van der Waals surface area contributed by atoms with Crippen molar-refractivity contribution in [2.24, 2.45) is 0 Å². The first kappa shape index (κ1) is 13.4. The van der Waals surface area contributed by atoms with E-state index in [1.54, 1.807) is 0 Å². The summed E-state index contributed by atoms with van der Waals surface area (Å²) in [5.41, 5.74) is 0. The highest BCUT2D eigenvalue weighted by Gasteiger charge is 2.18. The molecule has 0 atom stereocenters. The van der Waals surface area contributed by atoms with Crippen LogP contribution in [0.25, 0.3) is 0 Å². The van der Waals surface area contributed by atoms with Crippen LogP contribution in [0.4, 0.5) is 4.39 Å². The molecule has 0 aliphatic heterocycles. The minimum atomic E-state index is -0.605. The fourth-order valence-corrected chi connectivity index (χ4v) is 1.61. The van der Waals surface area contributed by atoms with Gasteiger partial charge in [0.2, 0.25) is 5.75 Å². The molecule has 0 bridgehead atoms. The van der Waals surface area contributed by atoms with E-state index in [4.69, 9.17) is 25.8 Å². The monoisotopic (exact) mass is 284 g/mol. The van der Waals surface area contributed by atoms with Gasteiger partial charge >= 0.3 is 0 Å². The first-order valence-electron chi connectivity index (χ1n) is 5.22. The molecule has 0 unspecified atom stereocenters. The average molecular weight is 285 g/mol. The Morgan fingerprint density at radius 3 is 2.42 bits per heavy atom. The third-order valence-corrected chi connectivity index (χ3v) is 2.55. The Kier molecular flexibility index (Phi) is 4.01. The van der Waals surface area contributed by atoms with Gasteiger partial charge in [-0.3, -0.25) is 0 Å². The van der Waals surface area contributed by atoms with Gasteiger partial charge < -0.3 is 14.2 Å². The summed E-state index contributed by atoms with van der Waals surface area (Å²) in [5.74, 6) is -0.388. The maximum Gasteiger partial charge on any atom is 0.270 e. The molecule has 5 nitrogen and oxygen atoms in total. The van der Waals surface area contributed by atoms with E-state index in [0.717, 1.165) is 0 Å². The van der Waals surface area contributed by atoms with Gasteiger partial charge in [-0.05, 0) is 12.1 Å². The number of hydrogen-bond acceptors (Lipinski definition) is 5. The number of ether oxygens (including phenoxy) is 3. The Bertz CT molecular complexity index is 575. The molecule has 0 saturated carbocycles. The van der Waals surface area contributed by atoms with Crippen molar-refractivity contribution in [1.29, 1.82) is 0 Å². The summed E-state index contributed by atoms with van der Waals surface area (Å²) in [6.45, 7) is 0. The van der Waals surface area contributed by atoms with Crippen LogP contribution in [0.3, 0.4) is 0 Å². The van der Waals surface area contributed by atoms with Crippen LogP contribution in [0.15, 0.2) is 24.5 Å². The average Bonchev–Trinajstić information content (AvgIpc) is 2.42. The molecule has 0 fully saturated rings. The van der Waals surface area contributed by atoms with Crippen molar-refractivity contribution in [2.45, 2.75) is 0 Å². The molecule has 0 aliphatic rings. The van der Waals surface area contributed by atoms with E-state index < -0.39 is 5.82 Å². The number of benzene rings is 1. The molecule has 2 aromatic rings. The molecular formula is C12H10ClFN2O3. The van der Waals surface area contributed by atoms with Crippen molar-refractivity contribution in [3.05, 3.63) is 35.4 Å². The summed E-state index contributed by atoms with van der Waals surface area (Å²) in [6.07, 6.45) is 1.21. The lowest BCUT2D eigenvalue weighted by Crippen LogP contribution is -1.99. The Labute approximate surface area is 113 Å². The topological polar surface area (TPSA) is 53.5 Å². The van der Waals surface area contributed by atoms with Crippen molar-refractivity contribution in [2.75, 3.05) is 14.2 Å². The van der Waals surface area contributed by atoms with E-state index >= 15 is 0 Å². The number of rotatable bonds is 4. The predicted octanol–water partition coefficient (Wildman–Crippen LogP) is 3.08. The molecule has 1 aromatic heterocycles. The van der Waals surface area contributed by atoms with Crippen LogP contribution < -0.4 is 14.2 Å². The van der Waals surface area contributed by atoms with E-state index in [9.17, 15) is 4.39 Å². The summed E-state index contributed by atoms with van der Waals surface area (Å²) in [7, 11) is 2.82. The third kappa shape index (κ3) is 2.68. The zero-order valence-corrected chi connectivity index (χ0v) is 10.9. The zero-order chi connectivity index (χ0) is 13.8. The number of nitrogens with zero attached hydrogens (tertiary/aromatic N) is 2. The summed E-state index contributed by atoms with van der Waals surface area (Å²) in [5, 5.41) is 0.125. The fourth-order valence-electron chi connectivity index (χ4n) is 1.41. The Morgan fingerprint density at radius 1 is 1.05 bits per heavy atom. The summed E-state index contributed by atoms with van der Waals surface area (Å²) in [6, 6.07) is 4.21. The lowest BCUT2D eigenvalue weighted by Gasteiger charge is -2.12. The predicted molar refractivity (Wildman–Crippen MR) is 66.6 cm³/mol. The first-order valence-corrected chi connectivity index (χ1v) is 5.60. The third-order valence-electron chi connectivity index (χ3n) is 2.25. The molecule has 0 amide bonds. The Hall–Kier alpha value is -2.08.